The van der Waals surface area contributed by atoms with E-state index in [1.165, 1.54) is 0 Å². The largest absolute Gasteiger partial charge is 0.454 e. The van der Waals surface area contributed by atoms with Crippen LogP contribution in [0.4, 0.5) is 5.69 Å². The molecule has 2 N–H and O–H groups in total. The number of para-hydroxylation sites is 1. The maximum atomic E-state index is 12.2. The van der Waals surface area contributed by atoms with Gasteiger partial charge in [0, 0.05) is 25.1 Å². The van der Waals surface area contributed by atoms with Crippen LogP contribution >= 0.6 is 0 Å². The minimum absolute atomic E-state index is 0.138. The van der Waals surface area contributed by atoms with Crippen molar-refractivity contribution in [2.75, 3.05) is 12.1 Å². The van der Waals surface area contributed by atoms with Crippen molar-refractivity contribution in [2.45, 2.75) is 39.2 Å². The Morgan fingerprint density at radius 3 is 2.56 bits per heavy atom. The maximum absolute atomic E-state index is 12.2. The van der Waals surface area contributed by atoms with Crippen molar-refractivity contribution in [3.8, 4) is 11.5 Å². The van der Waals surface area contributed by atoms with Gasteiger partial charge in [0.2, 0.25) is 18.6 Å². The molecule has 3 rings (SSSR count). The van der Waals surface area contributed by atoms with E-state index < -0.39 is 0 Å². The standard InChI is InChI=1S/C21H24N2O4/c1-14(2)16-5-3-4-6-17(16)23-21(25)10-9-20(24)22-12-15-7-8-18-19(11-15)27-13-26-18/h3-8,11,14H,9-10,12-13H2,1-2H3,(H,22,24)(H,23,25). The van der Waals surface area contributed by atoms with Gasteiger partial charge in [-0.25, -0.2) is 0 Å². The number of hydrogen-bond acceptors (Lipinski definition) is 4. The van der Waals surface area contributed by atoms with Gasteiger partial charge in [0.25, 0.3) is 0 Å². The Bertz CT molecular complexity index is 833. The summed E-state index contributed by atoms with van der Waals surface area (Å²) in [6.07, 6.45) is 0.277. The maximum Gasteiger partial charge on any atom is 0.231 e. The van der Waals surface area contributed by atoms with E-state index in [1.807, 2.05) is 42.5 Å². The fourth-order valence-electron chi connectivity index (χ4n) is 2.89. The molecule has 1 aliphatic rings. The zero-order valence-corrected chi connectivity index (χ0v) is 15.6. The number of carbonyl (C=O) groups is 2. The molecule has 0 aliphatic carbocycles. The molecule has 0 spiro atoms. The van der Waals surface area contributed by atoms with E-state index in [-0.39, 0.29) is 31.4 Å². The zero-order chi connectivity index (χ0) is 19.2. The fraction of sp³-hybridized carbons (Fsp3) is 0.333. The summed E-state index contributed by atoms with van der Waals surface area (Å²) in [7, 11) is 0. The molecule has 0 bridgehead atoms. The Hall–Kier alpha value is -3.02. The second-order valence-corrected chi connectivity index (χ2v) is 6.75. The molecule has 27 heavy (non-hydrogen) atoms. The molecule has 2 aromatic rings. The van der Waals surface area contributed by atoms with Gasteiger partial charge in [-0.2, -0.15) is 0 Å². The van der Waals surface area contributed by atoms with E-state index in [4.69, 9.17) is 9.47 Å². The van der Waals surface area contributed by atoms with Crippen molar-refractivity contribution >= 4 is 17.5 Å². The minimum Gasteiger partial charge on any atom is -0.454 e. The second kappa shape index (κ2) is 8.58. The SMILES string of the molecule is CC(C)c1ccccc1NC(=O)CCC(=O)NCc1ccc2c(c1)OCO2. The summed E-state index contributed by atoms with van der Waals surface area (Å²) in [5, 5.41) is 5.72. The number of ether oxygens (including phenoxy) is 2. The van der Waals surface area contributed by atoms with Crippen LogP contribution in [0.15, 0.2) is 42.5 Å². The number of benzene rings is 2. The van der Waals surface area contributed by atoms with Gasteiger partial charge in [-0.05, 0) is 35.2 Å². The predicted molar refractivity (Wildman–Crippen MR) is 103 cm³/mol. The molecule has 0 atom stereocenters. The number of rotatable bonds is 7. The third-order valence-electron chi connectivity index (χ3n) is 4.36. The van der Waals surface area contributed by atoms with Crippen LogP contribution in [0.1, 0.15) is 43.7 Å². The molecule has 142 valence electrons. The smallest absolute Gasteiger partial charge is 0.231 e. The van der Waals surface area contributed by atoms with Crippen molar-refractivity contribution in [2.24, 2.45) is 0 Å². The average molecular weight is 368 g/mol. The van der Waals surface area contributed by atoms with Gasteiger partial charge in [-0.15, -0.1) is 0 Å². The van der Waals surface area contributed by atoms with Crippen molar-refractivity contribution in [3.05, 3.63) is 53.6 Å². The van der Waals surface area contributed by atoms with Gasteiger partial charge < -0.3 is 20.1 Å². The van der Waals surface area contributed by atoms with Crippen LogP contribution < -0.4 is 20.1 Å². The summed E-state index contributed by atoms with van der Waals surface area (Å²) in [5.74, 6) is 1.38. The van der Waals surface area contributed by atoms with Crippen molar-refractivity contribution in [3.63, 3.8) is 0 Å². The van der Waals surface area contributed by atoms with Gasteiger partial charge >= 0.3 is 0 Å². The quantitative estimate of drug-likeness (QED) is 0.783. The van der Waals surface area contributed by atoms with Crippen LogP contribution in [0.3, 0.4) is 0 Å². The topological polar surface area (TPSA) is 76.7 Å². The molecule has 2 aromatic carbocycles. The number of carbonyl (C=O) groups excluding carboxylic acids is 2. The number of fused-ring (bicyclic) bond motifs is 1. The van der Waals surface area contributed by atoms with E-state index in [9.17, 15) is 9.59 Å². The van der Waals surface area contributed by atoms with Gasteiger partial charge in [-0.3, -0.25) is 9.59 Å². The van der Waals surface area contributed by atoms with E-state index in [2.05, 4.69) is 24.5 Å². The van der Waals surface area contributed by atoms with Gasteiger partial charge in [0.1, 0.15) is 0 Å². The van der Waals surface area contributed by atoms with Crippen LogP contribution in [-0.4, -0.2) is 18.6 Å². The molecule has 0 saturated carbocycles. The highest BCUT2D eigenvalue weighted by molar-refractivity contribution is 5.93. The summed E-state index contributed by atoms with van der Waals surface area (Å²) in [5.41, 5.74) is 2.80. The molecule has 0 unspecified atom stereocenters. The van der Waals surface area contributed by atoms with Crippen LogP contribution in [0.25, 0.3) is 0 Å². The summed E-state index contributed by atoms with van der Waals surface area (Å²) in [6.45, 7) is 4.76. The molecule has 0 saturated heterocycles. The highest BCUT2D eigenvalue weighted by Gasteiger charge is 2.14. The summed E-state index contributed by atoms with van der Waals surface area (Å²) in [6, 6.07) is 13.3. The Balaban J connectivity index is 1.44. The molecule has 6 nitrogen and oxygen atoms in total. The molecule has 0 aromatic heterocycles. The highest BCUT2D eigenvalue weighted by atomic mass is 16.7. The summed E-state index contributed by atoms with van der Waals surface area (Å²) in [4.78, 5) is 24.2. The number of amides is 2. The van der Waals surface area contributed by atoms with Crippen LogP contribution in [0, 0.1) is 0 Å². The van der Waals surface area contributed by atoms with Crippen LogP contribution in [0.2, 0.25) is 0 Å². The minimum atomic E-state index is -0.167. The van der Waals surface area contributed by atoms with Gasteiger partial charge in [0.15, 0.2) is 11.5 Å². The predicted octanol–water partition coefficient (Wildman–Crippen LogP) is 3.57. The summed E-state index contributed by atoms with van der Waals surface area (Å²) >= 11 is 0. The van der Waals surface area contributed by atoms with Crippen molar-refractivity contribution in [1.29, 1.82) is 0 Å². The first-order valence-electron chi connectivity index (χ1n) is 9.07. The van der Waals surface area contributed by atoms with Crippen LogP contribution in [-0.2, 0) is 16.1 Å². The van der Waals surface area contributed by atoms with Crippen LogP contribution in [0.5, 0.6) is 11.5 Å². The molecule has 6 heteroatoms. The Morgan fingerprint density at radius 2 is 1.74 bits per heavy atom. The third-order valence-corrected chi connectivity index (χ3v) is 4.36. The van der Waals surface area contributed by atoms with E-state index in [0.717, 1.165) is 16.8 Å². The number of nitrogens with one attached hydrogen (secondary N) is 2. The van der Waals surface area contributed by atoms with Crippen molar-refractivity contribution < 1.29 is 19.1 Å². The molecular weight excluding hydrogens is 344 g/mol. The lowest BCUT2D eigenvalue weighted by Crippen LogP contribution is -2.24. The first-order valence-corrected chi connectivity index (χ1v) is 9.07. The lowest BCUT2D eigenvalue weighted by Gasteiger charge is -2.13. The summed E-state index contributed by atoms with van der Waals surface area (Å²) < 4.78 is 10.6. The molecule has 0 radical (unpaired) electrons. The molecule has 2 amide bonds. The highest BCUT2D eigenvalue weighted by Crippen LogP contribution is 2.32. The fourth-order valence-corrected chi connectivity index (χ4v) is 2.89. The van der Waals surface area contributed by atoms with E-state index in [1.54, 1.807) is 0 Å². The van der Waals surface area contributed by atoms with E-state index in [0.29, 0.717) is 24.0 Å². The van der Waals surface area contributed by atoms with Gasteiger partial charge in [-0.1, -0.05) is 38.1 Å². The average Bonchev–Trinajstić information content (AvgIpc) is 3.12. The lowest BCUT2D eigenvalue weighted by atomic mass is 10.0. The Morgan fingerprint density at radius 1 is 1.00 bits per heavy atom. The monoisotopic (exact) mass is 368 g/mol. The third kappa shape index (κ3) is 5.00. The molecular formula is C21H24N2O4. The Labute approximate surface area is 158 Å². The molecule has 1 aliphatic heterocycles. The van der Waals surface area contributed by atoms with Gasteiger partial charge in [0.05, 0.1) is 0 Å². The lowest BCUT2D eigenvalue weighted by molar-refractivity contribution is -0.124. The second-order valence-electron chi connectivity index (χ2n) is 6.75. The zero-order valence-electron chi connectivity index (χ0n) is 15.6. The molecule has 1 heterocycles. The number of hydrogen-bond donors (Lipinski definition) is 2. The molecule has 0 fully saturated rings. The van der Waals surface area contributed by atoms with E-state index >= 15 is 0 Å². The number of anilines is 1. The normalized spacial score (nSPS) is 12.1. The first kappa shape index (κ1) is 18.8. The Kier molecular flexibility index (Phi) is 5.96. The van der Waals surface area contributed by atoms with Crippen molar-refractivity contribution in [1.82, 2.24) is 5.32 Å². The first-order chi connectivity index (χ1) is 13.0.